The van der Waals surface area contributed by atoms with Crippen LogP contribution < -0.4 is 5.46 Å². The van der Waals surface area contributed by atoms with E-state index >= 15 is 0 Å². The zero-order valence-electron chi connectivity index (χ0n) is 11.2. The molecule has 0 saturated carbocycles. The van der Waals surface area contributed by atoms with Crippen molar-refractivity contribution in [3.05, 3.63) is 29.6 Å². The van der Waals surface area contributed by atoms with Gasteiger partial charge >= 0.3 is 7.48 Å². The van der Waals surface area contributed by atoms with Gasteiger partial charge in [-0.1, -0.05) is 17.6 Å². The first kappa shape index (κ1) is 13.6. The maximum atomic E-state index is 10.0. The van der Waals surface area contributed by atoms with Gasteiger partial charge in [-0.05, 0) is 50.6 Å². The van der Waals surface area contributed by atoms with E-state index in [4.69, 9.17) is 4.65 Å². The number of thiophene rings is 1. The first-order chi connectivity index (χ1) is 8.29. The predicted molar refractivity (Wildman–Crippen MR) is 78.7 cm³/mol. The summed E-state index contributed by atoms with van der Waals surface area (Å²) in [7, 11) is 1.72. The summed E-state index contributed by atoms with van der Waals surface area (Å²) in [5.74, 6) is 0. The van der Waals surface area contributed by atoms with Crippen LogP contribution in [-0.2, 0) is 4.65 Å². The van der Waals surface area contributed by atoms with Crippen molar-refractivity contribution >= 4 is 34.4 Å². The van der Waals surface area contributed by atoms with Gasteiger partial charge in [-0.2, -0.15) is 0 Å². The van der Waals surface area contributed by atoms with Crippen LogP contribution in [0.3, 0.4) is 0 Å². The van der Waals surface area contributed by atoms with E-state index in [0.29, 0.717) is 0 Å². The summed E-state index contributed by atoms with van der Waals surface area (Å²) < 4.78 is 7.01. The fraction of sp³-hybridized carbons (Fsp3) is 0.429. The van der Waals surface area contributed by atoms with Gasteiger partial charge in [0.1, 0.15) is 0 Å². The lowest BCUT2D eigenvalue weighted by Gasteiger charge is -2.37. The average molecular weight is 261 g/mol. The number of benzene rings is 1. The van der Waals surface area contributed by atoms with Gasteiger partial charge in [-0.15, -0.1) is 11.3 Å². The molecule has 1 aromatic carbocycles. The molecule has 2 rings (SSSR count). The van der Waals surface area contributed by atoms with Crippen molar-refractivity contribution in [3.63, 3.8) is 0 Å². The summed E-state index contributed by atoms with van der Waals surface area (Å²) in [5.41, 5.74) is -0.509. The van der Waals surface area contributed by atoms with Crippen molar-refractivity contribution in [2.45, 2.75) is 38.9 Å². The molecule has 0 unspecified atom stereocenters. The normalized spacial score (nSPS) is 12.9. The van der Waals surface area contributed by atoms with Crippen LogP contribution in [-0.4, -0.2) is 23.8 Å². The Morgan fingerprint density at radius 3 is 2.56 bits per heavy atom. The summed E-state index contributed by atoms with van der Waals surface area (Å²) in [5, 5.41) is 13.3. The van der Waals surface area contributed by atoms with Crippen molar-refractivity contribution < 1.29 is 9.76 Å². The fourth-order valence-electron chi connectivity index (χ4n) is 1.42. The second kappa shape index (κ2) is 4.69. The Hall–Kier alpha value is -0.835. The molecule has 1 aromatic heterocycles. The zero-order valence-corrected chi connectivity index (χ0v) is 12.0. The van der Waals surface area contributed by atoms with Crippen molar-refractivity contribution in [3.8, 4) is 0 Å². The van der Waals surface area contributed by atoms with Crippen LogP contribution in [0.15, 0.2) is 29.6 Å². The molecule has 0 saturated heterocycles. The highest BCUT2D eigenvalue weighted by molar-refractivity contribution is 7.17. The molecule has 95 valence electrons. The minimum atomic E-state index is -0.893. The first-order valence-electron chi connectivity index (χ1n) is 6.00. The number of hydrogen-bond donors (Lipinski definition) is 1. The van der Waals surface area contributed by atoms with Crippen LogP contribution in [0.5, 0.6) is 0 Å². The molecule has 0 aliphatic rings. The second-order valence-electron chi connectivity index (χ2n) is 5.52. The first-order valence-corrected chi connectivity index (χ1v) is 6.88. The molecule has 0 bridgehead atoms. The molecule has 0 amide bonds. The van der Waals surface area contributed by atoms with E-state index in [-0.39, 0.29) is 0 Å². The molecule has 0 atom stereocenters. The highest BCUT2D eigenvalue weighted by Crippen LogP contribution is 2.24. The highest BCUT2D eigenvalue weighted by atomic mass is 32.1. The molecule has 0 aliphatic carbocycles. The molecular weight excluding hydrogens is 243 g/mol. The van der Waals surface area contributed by atoms with Gasteiger partial charge in [0.25, 0.3) is 0 Å². The Bertz CT molecular complexity index is 540. The monoisotopic (exact) mass is 261 g/mol. The van der Waals surface area contributed by atoms with E-state index in [2.05, 4.69) is 23.6 Å². The minimum Gasteiger partial charge on any atom is -0.427 e. The van der Waals surface area contributed by atoms with E-state index in [9.17, 15) is 5.11 Å². The van der Waals surface area contributed by atoms with Crippen molar-refractivity contribution in [1.82, 2.24) is 0 Å². The van der Waals surface area contributed by atoms with Crippen LogP contribution in [0, 0.1) is 0 Å². The Morgan fingerprint density at radius 1 is 1.17 bits per heavy atom. The van der Waals surface area contributed by atoms with E-state index in [0.717, 1.165) is 5.46 Å². The van der Waals surface area contributed by atoms with E-state index in [1.165, 1.54) is 10.1 Å². The molecule has 2 nitrogen and oxygen atoms in total. The Morgan fingerprint density at radius 2 is 1.89 bits per heavy atom. The summed E-state index contributed by atoms with van der Waals surface area (Å²) in [6, 6.07) is 8.30. The van der Waals surface area contributed by atoms with Crippen LogP contribution in [0.2, 0.25) is 0 Å². The molecule has 2 aromatic rings. The van der Waals surface area contributed by atoms with Gasteiger partial charge in [0.15, 0.2) is 0 Å². The van der Waals surface area contributed by atoms with Gasteiger partial charge < -0.3 is 9.76 Å². The number of aliphatic hydroxyl groups is 1. The summed E-state index contributed by atoms with van der Waals surface area (Å²) in [6.45, 7) is 7.27. The lowest BCUT2D eigenvalue weighted by molar-refractivity contribution is -0.0893. The fourth-order valence-corrected chi connectivity index (χ4v) is 2.19. The Labute approximate surface area is 113 Å². The smallest absolute Gasteiger partial charge is 0.330 e. The van der Waals surface area contributed by atoms with Gasteiger partial charge in [0, 0.05) is 4.70 Å². The van der Waals surface area contributed by atoms with Crippen LogP contribution in [0.25, 0.3) is 10.1 Å². The molecule has 18 heavy (non-hydrogen) atoms. The highest BCUT2D eigenvalue weighted by Gasteiger charge is 2.35. The molecule has 4 heteroatoms. The standard InChI is InChI=1S/C14H18BO2S/c1-13(2,16)14(3,4)17-15-11-5-6-12-10(9-11)7-8-18-12/h5-9,16H,1-4H3. The van der Waals surface area contributed by atoms with Crippen LogP contribution in [0.4, 0.5) is 0 Å². The van der Waals surface area contributed by atoms with E-state index < -0.39 is 11.2 Å². The topological polar surface area (TPSA) is 29.5 Å². The van der Waals surface area contributed by atoms with Crippen molar-refractivity contribution in [2.75, 3.05) is 0 Å². The van der Waals surface area contributed by atoms with Gasteiger partial charge in [-0.3, -0.25) is 0 Å². The van der Waals surface area contributed by atoms with Gasteiger partial charge in [0.05, 0.1) is 11.2 Å². The largest absolute Gasteiger partial charge is 0.427 e. The van der Waals surface area contributed by atoms with Crippen molar-refractivity contribution in [1.29, 1.82) is 0 Å². The molecule has 0 aliphatic heterocycles. The van der Waals surface area contributed by atoms with E-state index in [1.807, 2.05) is 19.9 Å². The Balaban J connectivity index is 2.10. The van der Waals surface area contributed by atoms with Gasteiger partial charge in [-0.25, -0.2) is 0 Å². The number of hydrogen-bond acceptors (Lipinski definition) is 3. The molecule has 0 fully saturated rings. The third-order valence-electron chi connectivity index (χ3n) is 3.44. The lowest BCUT2D eigenvalue weighted by Crippen LogP contribution is -2.49. The maximum Gasteiger partial charge on any atom is 0.330 e. The zero-order chi connectivity index (χ0) is 13.4. The van der Waals surface area contributed by atoms with Crippen LogP contribution in [0.1, 0.15) is 27.7 Å². The molecule has 1 heterocycles. The molecule has 1 N–H and O–H groups in total. The van der Waals surface area contributed by atoms with Gasteiger partial charge in [0.2, 0.25) is 0 Å². The molecule has 0 spiro atoms. The second-order valence-corrected chi connectivity index (χ2v) is 6.47. The average Bonchev–Trinajstić information content (AvgIpc) is 2.71. The predicted octanol–water partition coefficient (Wildman–Crippen LogP) is 2.71. The quantitative estimate of drug-likeness (QED) is 0.857. The third kappa shape index (κ3) is 2.77. The minimum absolute atomic E-state index is 0.628. The number of rotatable bonds is 4. The summed E-state index contributed by atoms with van der Waals surface area (Å²) in [6.07, 6.45) is 0. The SMILES string of the molecule is CC(C)(O)C(C)(C)O[B]c1ccc2sccc2c1. The molecule has 1 radical (unpaired) electrons. The summed E-state index contributed by atoms with van der Waals surface area (Å²) in [4.78, 5) is 0. The lowest BCUT2D eigenvalue weighted by atomic mass is 9.82. The Kier molecular flexibility index (Phi) is 3.54. The number of fused-ring (bicyclic) bond motifs is 1. The van der Waals surface area contributed by atoms with Crippen molar-refractivity contribution in [2.24, 2.45) is 0 Å². The van der Waals surface area contributed by atoms with E-state index in [1.54, 1.807) is 32.7 Å². The third-order valence-corrected chi connectivity index (χ3v) is 4.34. The summed E-state index contributed by atoms with van der Waals surface area (Å²) >= 11 is 1.73. The maximum absolute atomic E-state index is 10.0. The molecular formula is C14H18BO2S. The van der Waals surface area contributed by atoms with Crippen LogP contribution >= 0.6 is 11.3 Å².